The van der Waals surface area contributed by atoms with Gasteiger partial charge < -0.3 is 4.74 Å². The molecule has 0 bridgehead atoms. The number of rotatable bonds is 14. The van der Waals surface area contributed by atoms with Crippen molar-refractivity contribution in [2.24, 2.45) is 0 Å². The Morgan fingerprint density at radius 3 is 1.91 bits per heavy atom. The molecule has 0 saturated carbocycles. The van der Waals surface area contributed by atoms with Crippen molar-refractivity contribution in [3.8, 4) is 28.3 Å². The SMILES string of the molecule is CCCCCCCCCCc1ccc(-c2ncc(-c3ccc(OCC(C)F)cc3)cn2)cc1. The summed E-state index contributed by atoms with van der Waals surface area (Å²) in [5.41, 5.74) is 4.36. The van der Waals surface area contributed by atoms with Gasteiger partial charge >= 0.3 is 0 Å². The average Bonchev–Trinajstić information content (AvgIpc) is 2.85. The first kappa shape index (κ1) is 24.9. The van der Waals surface area contributed by atoms with Crippen molar-refractivity contribution in [2.75, 3.05) is 6.61 Å². The van der Waals surface area contributed by atoms with E-state index >= 15 is 0 Å². The molecule has 4 heteroatoms. The normalized spacial score (nSPS) is 12.0. The van der Waals surface area contributed by atoms with Gasteiger partial charge in [-0.25, -0.2) is 14.4 Å². The van der Waals surface area contributed by atoms with Crippen molar-refractivity contribution < 1.29 is 9.13 Å². The zero-order chi connectivity index (χ0) is 23.3. The summed E-state index contributed by atoms with van der Waals surface area (Å²) in [6, 6.07) is 16.2. The van der Waals surface area contributed by atoms with Crippen molar-refractivity contribution in [1.82, 2.24) is 9.97 Å². The van der Waals surface area contributed by atoms with Gasteiger partial charge in [-0.2, -0.15) is 0 Å². The fraction of sp³-hybridized carbons (Fsp3) is 0.448. The molecule has 0 radical (unpaired) electrons. The van der Waals surface area contributed by atoms with Gasteiger partial charge in [-0.1, -0.05) is 88.3 Å². The first-order chi connectivity index (χ1) is 16.2. The van der Waals surface area contributed by atoms with Crippen LogP contribution in [0.4, 0.5) is 4.39 Å². The van der Waals surface area contributed by atoms with E-state index in [9.17, 15) is 4.39 Å². The Hall–Kier alpha value is -2.75. The standard InChI is InChI=1S/C29H37FN2O/c1-3-4-5-6-7-8-9-10-11-24-12-14-26(15-13-24)29-31-20-27(21-32-29)25-16-18-28(19-17-25)33-22-23(2)30/h12-21,23H,3-11,22H2,1-2H3. The largest absolute Gasteiger partial charge is 0.491 e. The number of nitrogens with zero attached hydrogens (tertiary/aromatic N) is 2. The molecule has 0 amide bonds. The third-order valence-electron chi connectivity index (χ3n) is 5.85. The number of aryl methyl sites for hydroxylation is 1. The van der Waals surface area contributed by atoms with Crippen molar-refractivity contribution in [1.29, 1.82) is 0 Å². The summed E-state index contributed by atoms with van der Waals surface area (Å²) < 4.78 is 18.3. The van der Waals surface area contributed by atoms with E-state index < -0.39 is 6.17 Å². The van der Waals surface area contributed by atoms with E-state index in [1.54, 1.807) is 0 Å². The Balaban J connectivity index is 1.46. The molecule has 0 aliphatic rings. The Morgan fingerprint density at radius 2 is 1.30 bits per heavy atom. The van der Waals surface area contributed by atoms with Crippen LogP contribution in [0.5, 0.6) is 5.75 Å². The molecule has 1 aromatic heterocycles. The van der Waals surface area contributed by atoms with Crippen LogP contribution in [0, 0.1) is 0 Å². The van der Waals surface area contributed by atoms with Crippen molar-refractivity contribution in [3.05, 3.63) is 66.5 Å². The topological polar surface area (TPSA) is 35.0 Å². The van der Waals surface area contributed by atoms with Crippen LogP contribution in [0.15, 0.2) is 60.9 Å². The van der Waals surface area contributed by atoms with E-state index in [0.717, 1.165) is 28.9 Å². The number of benzene rings is 2. The predicted octanol–water partition coefficient (Wildman–Crippen LogP) is 8.23. The first-order valence-electron chi connectivity index (χ1n) is 12.4. The van der Waals surface area contributed by atoms with Gasteiger partial charge in [-0.15, -0.1) is 0 Å². The molecular formula is C29H37FN2O. The Morgan fingerprint density at radius 1 is 0.727 bits per heavy atom. The second-order valence-corrected chi connectivity index (χ2v) is 8.83. The van der Waals surface area contributed by atoms with Gasteiger partial charge in [0.25, 0.3) is 0 Å². The lowest BCUT2D eigenvalue weighted by atomic mass is 10.0. The minimum absolute atomic E-state index is 0.0646. The molecule has 176 valence electrons. The van der Waals surface area contributed by atoms with Gasteiger partial charge in [0, 0.05) is 23.5 Å². The highest BCUT2D eigenvalue weighted by atomic mass is 19.1. The summed E-state index contributed by atoms with van der Waals surface area (Å²) in [4.78, 5) is 9.12. The lowest BCUT2D eigenvalue weighted by molar-refractivity contribution is 0.210. The van der Waals surface area contributed by atoms with Gasteiger partial charge in [0.15, 0.2) is 5.82 Å². The zero-order valence-electron chi connectivity index (χ0n) is 20.1. The third-order valence-corrected chi connectivity index (χ3v) is 5.85. The highest BCUT2D eigenvalue weighted by Crippen LogP contribution is 2.23. The number of halogens is 1. The fourth-order valence-electron chi connectivity index (χ4n) is 3.86. The minimum atomic E-state index is -0.982. The molecule has 0 aliphatic heterocycles. The second-order valence-electron chi connectivity index (χ2n) is 8.83. The maximum Gasteiger partial charge on any atom is 0.159 e. The van der Waals surface area contributed by atoms with Gasteiger partial charge in [0.05, 0.1) is 0 Å². The van der Waals surface area contributed by atoms with Crippen molar-refractivity contribution in [2.45, 2.75) is 77.8 Å². The zero-order valence-corrected chi connectivity index (χ0v) is 20.1. The quantitative estimate of drug-likeness (QED) is 0.233. The number of unbranched alkanes of at least 4 members (excludes halogenated alkanes) is 7. The van der Waals surface area contributed by atoms with E-state index in [1.807, 2.05) is 36.7 Å². The van der Waals surface area contributed by atoms with E-state index in [2.05, 4.69) is 41.2 Å². The molecule has 0 N–H and O–H groups in total. The summed E-state index contributed by atoms with van der Waals surface area (Å²) in [5, 5.41) is 0. The molecule has 0 aliphatic carbocycles. The lowest BCUT2D eigenvalue weighted by Gasteiger charge is -2.08. The molecular weight excluding hydrogens is 411 g/mol. The van der Waals surface area contributed by atoms with Crippen LogP contribution >= 0.6 is 0 Å². The molecule has 0 fully saturated rings. The van der Waals surface area contributed by atoms with Crippen LogP contribution in [0.2, 0.25) is 0 Å². The molecule has 1 atom stereocenters. The monoisotopic (exact) mass is 448 g/mol. The van der Waals surface area contributed by atoms with Gasteiger partial charge in [-0.05, 0) is 43.0 Å². The average molecular weight is 449 g/mol. The molecule has 3 aromatic rings. The fourth-order valence-corrected chi connectivity index (χ4v) is 3.86. The lowest BCUT2D eigenvalue weighted by Crippen LogP contribution is -2.08. The molecule has 3 nitrogen and oxygen atoms in total. The number of ether oxygens (including phenoxy) is 1. The van der Waals surface area contributed by atoms with Crippen LogP contribution in [-0.2, 0) is 6.42 Å². The van der Waals surface area contributed by atoms with Gasteiger partial charge in [0.2, 0.25) is 0 Å². The van der Waals surface area contributed by atoms with E-state index in [0.29, 0.717) is 5.75 Å². The second kappa shape index (κ2) is 13.7. The summed E-state index contributed by atoms with van der Waals surface area (Å²) in [5.74, 6) is 1.39. The third kappa shape index (κ3) is 8.60. The first-order valence-corrected chi connectivity index (χ1v) is 12.4. The molecule has 2 aromatic carbocycles. The van der Waals surface area contributed by atoms with Crippen LogP contribution in [0.1, 0.15) is 70.8 Å². The minimum Gasteiger partial charge on any atom is -0.491 e. The van der Waals surface area contributed by atoms with Crippen molar-refractivity contribution in [3.63, 3.8) is 0 Å². The molecule has 0 spiro atoms. The number of hydrogen-bond acceptors (Lipinski definition) is 3. The Kier molecular flexibility index (Phi) is 10.3. The summed E-state index contributed by atoms with van der Waals surface area (Å²) in [6.07, 6.45) is 14.6. The summed E-state index contributed by atoms with van der Waals surface area (Å²) >= 11 is 0. The van der Waals surface area contributed by atoms with Crippen LogP contribution in [0.25, 0.3) is 22.5 Å². The number of hydrogen-bond donors (Lipinski definition) is 0. The molecule has 33 heavy (non-hydrogen) atoms. The predicted molar refractivity (Wildman–Crippen MR) is 135 cm³/mol. The van der Waals surface area contributed by atoms with E-state index in [-0.39, 0.29) is 6.61 Å². The van der Waals surface area contributed by atoms with E-state index in [1.165, 1.54) is 63.9 Å². The highest BCUT2D eigenvalue weighted by molar-refractivity contribution is 5.64. The summed E-state index contributed by atoms with van der Waals surface area (Å²) in [7, 11) is 0. The Bertz CT molecular complexity index is 921. The summed E-state index contributed by atoms with van der Waals surface area (Å²) in [6.45, 7) is 3.81. The molecule has 0 saturated heterocycles. The molecule has 1 heterocycles. The van der Waals surface area contributed by atoms with Crippen LogP contribution in [0.3, 0.4) is 0 Å². The smallest absolute Gasteiger partial charge is 0.159 e. The van der Waals surface area contributed by atoms with Gasteiger partial charge in [-0.3, -0.25) is 0 Å². The number of alkyl halides is 1. The van der Waals surface area contributed by atoms with Crippen LogP contribution in [-0.4, -0.2) is 22.7 Å². The Labute approximate surface area is 198 Å². The molecule has 3 rings (SSSR count). The molecule has 1 unspecified atom stereocenters. The highest BCUT2D eigenvalue weighted by Gasteiger charge is 2.05. The van der Waals surface area contributed by atoms with Gasteiger partial charge in [0.1, 0.15) is 18.5 Å². The van der Waals surface area contributed by atoms with Crippen LogP contribution < -0.4 is 4.74 Å². The number of aromatic nitrogens is 2. The maximum absolute atomic E-state index is 12.9. The maximum atomic E-state index is 12.9. The van der Waals surface area contributed by atoms with Crippen molar-refractivity contribution >= 4 is 0 Å². The van der Waals surface area contributed by atoms with E-state index in [4.69, 9.17) is 4.74 Å².